The first kappa shape index (κ1) is 7.07. The predicted octanol–water partition coefficient (Wildman–Crippen LogP) is 0.616. The molecule has 1 nitrogen and oxygen atoms in total. The van der Waals surface area contributed by atoms with E-state index in [-0.39, 0.29) is 0 Å². The maximum Gasteiger partial charge on any atom is 0.0814 e. The minimum Gasteiger partial charge on any atom is -0.345 e. The Bertz CT molecular complexity index is 99.7. The summed E-state index contributed by atoms with van der Waals surface area (Å²) in [6, 6.07) is 0. The number of hydrogen-bond acceptors (Lipinski definition) is 0. The first-order valence-electron chi connectivity index (χ1n) is 3.77. The van der Waals surface area contributed by atoms with Crippen LogP contribution < -0.4 is 5.32 Å². The van der Waals surface area contributed by atoms with Gasteiger partial charge in [0.1, 0.15) is 0 Å². The van der Waals surface area contributed by atoms with Crippen LogP contribution in [0.15, 0.2) is 0 Å². The molecule has 0 unspecified atom stereocenters. The van der Waals surface area contributed by atoms with Crippen molar-refractivity contribution in [2.75, 3.05) is 13.1 Å². The lowest BCUT2D eigenvalue weighted by Gasteiger charge is -2.29. The zero-order chi connectivity index (χ0) is 7.12. The lowest BCUT2D eigenvalue weighted by molar-refractivity contribution is -0.644. The minimum atomic E-state index is 0.535. The average Bonchev–Trinajstić information content (AvgIpc) is 1.81. The van der Waals surface area contributed by atoms with Crippen LogP contribution in [0.2, 0.25) is 0 Å². The molecule has 1 aliphatic heterocycles. The molecule has 0 aromatic carbocycles. The molecule has 0 amide bonds. The van der Waals surface area contributed by atoms with Crippen molar-refractivity contribution in [3.63, 3.8) is 0 Å². The smallest absolute Gasteiger partial charge is 0.0814 e. The molecule has 1 heteroatoms. The van der Waals surface area contributed by atoms with Gasteiger partial charge in [-0.05, 0) is 0 Å². The number of quaternary nitrogens is 1. The molecule has 1 saturated heterocycles. The van der Waals surface area contributed by atoms with Crippen LogP contribution in [0.5, 0.6) is 0 Å². The van der Waals surface area contributed by atoms with Crippen LogP contribution in [0.3, 0.4) is 0 Å². The maximum atomic E-state index is 2.42. The molecule has 1 heterocycles. The van der Waals surface area contributed by atoms with E-state index in [0.717, 1.165) is 0 Å². The van der Waals surface area contributed by atoms with Gasteiger partial charge in [-0.15, -0.1) is 0 Å². The van der Waals surface area contributed by atoms with Gasteiger partial charge in [-0.2, -0.15) is 0 Å². The van der Waals surface area contributed by atoms with Crippen LogP contribution in [-0.2, 0) is 0 Å². The van der Waals surface area contributed by atoms with E-state index in [1.807, 2.05) is 0 Å². The lowest BCUT2D eigenvalue weighted by atomic mass is 9.71. The van der Waals surface area contributed by atoms with Crippen LogP contribution in [0.1, 0.15) is 27.7 Å². The van der Waals surface area contributed by atoms with Crippen molar-refractivity contribution in [1.29, 1.82) is 0 Å². The Morgan fingerprint density at radius 1 is 0.889 bits per heavy atom. The average molecular weight is 128 g/mol. The Balaban J connectivity index is 2.75. The van der Waals surface area contributed by atoms with Crippen molar-refractivity contribution >= 4 is 0 Å². The fourth-order valence-corrected chi connectivity index (χ4v) is 1.35. The van der Waals surface area contributed by atoms with Gasteiger partial charge in [0.25, 0.3) is 0 Å². The molecule has 9 heavy (non-hydrogen) atoms. The van der Waals surface area contributed by atoms with Gasteiger partial charge in [0.2, 0.25) is 0 Å². The highest BCUT2D eigenvalue weighted by atomic mass is 14.9. The summed E-state index contributed by atoms with van der Waals surface area (Å²) in [5, 5.41) is 2.42. The highest BCUT2D eigenvalue weighted by molar-refractivity contribution is 4.87. The Hall–Kier alpha value is -0.0400. The zero-order valence-electron chi connectivity index (χ0n) is 6.99. The van der Waals surface area contributed by atoms with E-state index in [0.29, 0.717) is 10.8 Å². The zero-order valence-corrected chi connectivity index (χ0v) is 6.99. The Morgan fingerprint density at radius 2 is 1.22 bits per heavy atom. The normalized spacial score (nSPS) is 30.7. The molecule has 0 bridgehead atoms. The van der Waals surface area contributed by atoms with Gasteiger partial charge in [-0.1, -0.05) is 27.7 Å². The second kappa shape index (κ2) is 1.72. The summed E-state index contributed by atoms with van der Waals surface area (Å²) in [7, 11) is 0. The molecule has 2 N–H and O–H groups in total. The maximum absolute atomic E-state index is 2.42. The first-order chi connectivity index (χ1) is 3.96. The molecule has 1 fully saturated rings. The number of nitrogens with two attached hydrogens (primary N) is 1. The predicted molar refractivity (Wildman–Crippen MR) is 39.2 cm³/mol. The van der Waals surface area contributed by atoms with Crippen molar-refractivity contribution < 1.29 is 5.32 Å². The van der Waals surface area contributed by atoms with Crippen molar-refractivity contribution in [2.24, 2.45) is 10.8 Å². The summed E-state index contributed by atoms with van der Waals surface area (Å²) < 4.78 is 0. The summed E-state index contributed by atoms with van der Waals surface area (Å²) in [4.78, 5) is 0. The highest BCUT2D eigenvalue weighted by Crippen LogP contribution is 2.38. The molecule has 0 aromatic heterocycles. The van der Waals surface area contributed by atoms with Crippen molar-refractivity contribution in [1.82, 2.24) is 0 Å². The molecule has 0 radical (unpaired) electrons. The van der Waals surface area contributed by atoms with Gasteiger partial charge in [0, 0.05) is 10.8 Å². The Labute approximate surface area is 57.8 Å². The second-order valence-corrected chi connectivity index (χ2v) is 4.46. The van der Waals surface area contributed by atoms with E-state index in [1.54, 1.807) is 0 Å². The van der Waals surface area contributed by atoms with Gasteiger partial charge in [-0.3, -0.25) is 0 Å². The van der Waals surface area contributed by atoms with Crippen molar-refractivity contribution in [2.45, 2.75) is 27.7 Å². The van der Waals surface area contributed by atoms with Crippen molar-refractivity contribution in [3.8, 4) is 0 Å². The van der Waals surface area contributed by atoms with E-state index in [2.05, 4.69) is 33.0 Å². The van der Waals surface area contributed by atoms with Crippen molar-refractivity contribution in [3.05, 3.63) is 0 Å². The van der Waals surface area contributed by atoms with Crippen LogP contribution in [0.4, 0.5) is 0 Å². The van der Waals surface area contributed by atoms with Gasteiger partial charge >= 0.3 is 0 Å². The minimum absolute atomic E-state index is 0.535. The van der Waals surface area contributed by atoms with Crippen LogP contribution >= 0.6 is 0 Å². The quantitative estimate of drug-likeness (QED) is 0.492. The lowest BCUT2D eigenvalue weighted by Crippen LogP contribution is -2.82. The molecular formula is C8H18N+. The summed E-state index contributed by atoms with van der Waals surface area (Å²) in [5.74, 6) is 0. The second-order valence-electron chi connectivity index (χ2n) is 4.46. The topological polar surface area (TPSA) is 16.6 Å². The molecule has 1 rings (SSSR count). The largest absolute Gasteiger partial charge is 0.345 e. The van der Waals surface area contributed by atoms with E-state index < -0.39 is 0 Å². The molecule has 0 aromatic rings. The van der Waals surface area contributed by atoms with Crippen LogP contribution in [0, 0.1) is 10.8 Å². The standard InChI is InChI=1S/C8H17N/c1-7(2)5-9-6-8(7,3)4/h9H,5-6H2,1-4H3/p+1. The summed E-state index contributed by atoms with van der Waals surface area (Å²) in [5.41, 5.74) is 1.07. The van der Waals surface area contributed by atoms with E-state index in [1.165, 1.54) is 13.1 Å². The third-order valence-corrected chi connectivity index (χ3v) is 3.14. The van der Waals surface area contributed by atoms with Crippen LogP contribution in [0.25, 0.3) is 0 Å². The molecule has 1 aliphatic rings. The number of hydrogen-bond donors (Lipinski definition) is 1. The monoisotopic (exact) mass is 128 g/mol. The van der Waals surface area contributed by atoms with E-state index in [9.17, 15) is 0 Å². The van der Waals surface area contributed by atoms with Gasteiger partial charge < -0.3 is 5.32 Å². The highest BCUT2D eigenvalue weighted by Gasteiger charge is 2.44. The Morgan fingerprint density at radius 3 is 1.33 bits per heavy atom. The first-order valence-corrected chi connectivity index (χ1v) is 3.77. The molecule has 54 valence electrons. The summed E-state index contributed by atoms with van der Waals surface area (Å²) >= 11 is 0. The van der Waals surface area contributed by atoms with Crippen LogP contribution in [-0.4, -0.2) is 13.1 Å². The summed E-state index contributed by atoms with van der Waals surface area (Å²) in [6.07, 6.45) is 0. The number of rotatable bonds is 0. The van der Waals surface area contributed by atoms with E-state index >= 15 is 0 Å². The van der Waals surface area contributed by atoms with Gasteiger partial charge in [0.05, 0.1) is 13.1 Å². The molecule has 0 atom stereocenters. The fourth-order valence-electron chi connectivity index (χ4n) is 1.35. The summed E-state index contributed by atoms with van der Waals surface area (Å²) in [6.45, 7) is 12.0. The van der Waals surface area contributed by atoms with Gasteiger partial charge in [0.15, 0.2) is 0 Å². The third kappa shape index (κ3) is 0.983. The molecule has 0 spiro atoms. The Kier molecular flexibility index (Phi) is 1.35. The van der Waals surface area contributed by atoms with Gasteiger partial charge in [-0.25, -0.2) is 0 Å². The van der Waals surface area contributed by atoms with E-state index in [4.69, 9.17) is 0 Å². The molecular weight excluding hydrogens is 110 g/mol. The fraction of sp³-hybridized carbons (Fsp3) is 1.00. The molecule has 0 saturated carbocycles. The SMILES string of the molecule is CC1(C)C[NH2+]CC1(C)C. The molecule has 0 aliphatic carbocycles. The third-order valence-electron chi connectivity index (χ3n) is 3.14.